The second kappa shape index (κ2) is 6.34. The number of alkyl halides is 3. The molecule has 2 atom stereocenters. The molecule has 0 aromatic carbocycles. The lowest BCUT2D eigenvalue weighted by Crippen LogP contribution is -2.47. The van der Waals surface area contributed by atoms with Gasteiger partial charge in [-0.05, 0) is 24.6 Å². The molecule has 0 spiro atoms. The zero-order chi connectivity index (χ0) is 18.2. The van der Waals surface area contributed by atoms with Crippen LogP contribution in [0.3, 0.4) is 0 Å². The molecular formula is C15H17F3N6O. The van der Waals surface area contributed by atoms with Crippen LogP contribution in [-0.2, 0) is 18.0 Å². The Morgan fingerprint density at radius 2 is 1.96 bits per heavy atom. The van der Waals surface area contributed by atoms with Gasteiger partial charge in [-0.25, -0.2) is 0 Å². The number of likely N-dealkylation sites (tertiary alicyclic amines) is 1. The van der Waals surface area contributed by atoms with Gasteiger partial charge in [-0.2, -0.15) is 18.3 Å². The molecule has 3 heterocycles. The van der Waals surface area contributed by atoms with Crippen LogP contribution in [0.5, 0.6) is 0 Å². The highest BCUT2D eigenvalue weighted by molar-refractivity contribution is 5.77. The molecule has 25 heavy (non-hydrogen) atoms. The summed E-state index contributed by atoms with van der Waals surface area (Å²) in [6.07, 6.45) is -2.02. The Morgan fingerprint density at radius 3 is 2.52 bits per heavy atom. The van der Waals surface area contributed by atoms with E-state index in [0.29, 0.717) is 12.8 Å². The summed E-state index contributed by atoms with van der Waals surface area (Å²) >= 11 is 0. The summed E-state index contributed by atoms with van der Waals surface area (Å²) in [5, 5.41) is 14.1. The monoisotopic (exact) mass is 354 g/mol. The first kappa shape index (κ1) is 17.2. The highest BCUT2D eigenvalue weighted by Gasteiger charge is 2.37. The average molecular weight is 354 g/mol. The maximum Gasteiger partial charge on any atom is 0.435 e. The van der Waals surface area contributed by atoms with Crippen LogP contribution in [0.4, 0.5) is 19.0 Å². The molecule has 1 aliphatic rings. The first-order chi connectivity index (χ1) is 11.8. The molecule has 134 valence electrons. The molecule has 2 aromatic rings. The van der Waals surface area contributed by atoms with E-state index in [-0.39, 0.29) is 23.8 Å². The molecule has 1 fully saturated rings. The number of carbonyl (C=O) groups excluding carboxylic acids is 1. The minimum absolute atomic E-state index is 0.00255. The molecule has 0 radical (unpaired) electrons. The van der Waals surface area contributed by atoms with Crippen LogP contribution >= 0.6 is 0 Å². The number of hydrogen-bond acceptors (Lipinski definition) is 5. The van der Waals surface area contributed by atoms with Gasteiger partial charge in [-0.1, -0.05) is 0 Å². The lowest BCUT2D eigenvalue weighted by atomic mass is 9.93. The van der Waals surface area contributed by atoms with Crippen molar-refractivity contribution in [2.45, 2.75) is 31.1 Å². The first-order valence-corrected chi connectivity index (χ1v) is 7.68. The second-order valence-electron chi connectivity index (χ2n) is 5.92. The van der Waals surface area contributed by atoms with Crippen molar-refractivity contribution in [1.29, 1.82) is 0 Å². The molecule has 0 unspecified atom stereocenters. The van der Waals surface area contributed by atoms with Crippen LogP contribution in [0.2, 0.25) is 0 Å². The van der Waals surface area contributed by atoms with Crippen molar-refractivity contribution >= 4 is 11.7 Å². The Bertz CT molecular complexity index is 757. The number of nitrogens with zero attached hydrogens (tertiary/aromatic N) is 5. The first-order valence-electron chi connectivity index (χ1n) is 7.68. The van der Waals surface area contributed by atoms with Crippen LogP contribution in [0.15, 0.2) is 24.4 Å². The molecule has 1 amide bonds. The van der Waals surface area contributed by atoms with E-state index >= 15 is 0 Å². The number of halogens is 3. The zero-order valence-corrected chi connectivity index (χ0v) is 13.7. The smallest absolute Gasteiger partial charge is 0.363 e. The minimum Gasteiger partial charge on any atom is -0.363 e. The third kappa shape index (κ3) is 3.42. The molecule has 1 N–H and O–H groups in total. The third-order valence-electron chi connectivity index (χ3n) is 4.31. The summed E-state index contributed by atoms with van der Waals surface area (Å²) in [4.78, 5) is 13.7. The minimum atomic E-state index is -4.53. The Morgan fingerprint density at radius 1 is 1.20 bits per heavy atom. The van der Waals surface area contributed by atoms with Crippen molar-refractivity contribution < 1.29 is 18.0 Å². The lowest BCUT2D eigenvalue weighted by Gasteiger charge is -2.39. The summed E-state index contributed by atoms with van der Waals surface area (Å²) in [6.45, 7) is 0. The SMILES string of the molecule is CN1C(=O)CC[C@@H](Nc2ccc(C(F)(F)F)nn2)[C@@H]1c1ccnn1C. The van der Waals surface area contributed by atoms with Crippen molar-refractivity contribution in [2.24, 2.45) is 7.05 Å². The van der Waals surface area contributed by atoms with Gasteiger partial charge < -0.3 is 10.2 Å². The van der Waals surface area contributed by atoms with Gasteiger partial charge in [0.15, 0.2) is 5.69 Å². The molecule has 0 aliphatic carbocycles. The molecule has 7 nitrogen and oxygen atoms in total. The number of anilines is 1. The normalized spacial score (nSPS) is 21.5. The van der Waals surface area contributed by atoms with E-state index in [1.165, 1.54) is 6.07 Å². The van der Waals surface area contributed by atoms with Gasteiger partial charge in [0.2, 0.25) is 5.91 Å². The zero-order valence-electron chi connectivity index (χ0n) is 13.7. The number of piperidine rings is 1. The van der Waals surface area contributed by atoms with Gasteiger partial charge in [0.05, 0.1) is 17.8 Å². The highest BCUT2D eigenvalue weighted by atomic mass is 19.4. The predicted octanol–water partition coefficient (Wildman–Crippen LogP) is 2.00. The van der Waals surface area contributed by atoms with Gasteiger partial charge in [0, 0.05) is 26.7 Å². The van der Waals surface area contributed by atoms with Gasteiger partial charge in [-0.3, -0.25) is 9.48 Å². The summed E-state index contributed by atoms with van der Waals surface area (Å²) in [5.74, 6) is 0.232. The van der Waals surface area contributed by atoms with Crippen LogP contribution in [-0.4, -0.2) is 43.9 Å². The number of hydrogen-bond donors (Lipinski definition) is 1. The fraction of sp³-hybridized carbons (Fsp3) is 0.467. The molecule has 3 rings (SSSR count). The fourth-order valence-electron chi connectivity index (χ4n) is 3.02. The van der Waals surface area contributed by atoms with Crippen molar-refractivity contribution in [3.05, 3.63) is 35.8 Å². The predicted molar refractivity (Wildman–Crippen MR) is 82.4 cm³/mol. The molecule has 0 saturated carbocycles. The van der Waals surface area contributed by atoms with E-state index < -0.39 is 11.9 Å². The fourth-order valence-corrected chi connectivity index (χ4v) is 3.02. The quantitative estimate of drug-likeness (QED) is 0.912. The van der Waals surface area contributed by atoms with Crippen molar-refractivity contribution in [3.8, 4) is 0 Å². The maximum atomic E-state index is 12.6. The molecule has 0 bridgehead atoms. The molecule has 1 aliphatic heterocycles. The van der Waals surface area contributed by atoms with E-state index in [4.69, 9.17) is 0 Å². The molecular weight excluding hydrogens is 337 g/mol. The third-order valence-corrected chi connectivity index (χ3v) is 4.31. The number of likely N-dealkylation sites (N-methyl/N-ethyl adjacent to an activating group) is 1. The van der Waals surface area contributed by atoms with Gasteiger partial charge in [0.25, 0.3) is 0 Å². The van der Waals surface area contributed by atoms with Gasteiger partial charge in [-0.15, -0.1) is 10.2 Å². The van der Waals surface area contributed by atoms with Crippen LogP contribution in [0, 0.1) is 0 Å². The second-order valence-corrected chi connectivity index (χ2v) is 5.92. The number of aryl methyl sites for hydroxylation is 1. The van der Waals surface area contributed by atoms with Crippen molar-refractivity contribution in [2.75, 3.05) is 12.4 Å². The summed E-state index contributed by atoms with van der Waals surface area (Å²) in [7, 11) is 3.48. The maximum absolute atomic E-state index is 12.6. The standard InChI is InChI=1S/C15H17F3N6O/c1-23-13(25)6-3-9(14(23)10-7-8-19-24(10)2)20-12-5-4-11(21-22-12)15(16,17)18/h4-5,7-9,14H,3,6H2,1-2H3,(H,20,22)/t9-,14-/m1/s1. The van der Waals surface area contributed by atoms with Crippen molar-refractivity contribution in [3.63, 3.8) is 0 Å². The highest BCUT2D eigenvalue weighted by Crippen LogP contribution is 2.32. The number of nitrogens with one attached hydrogen (secondary N) is 1. The summed E-state index contributed by atoms with van der Waals surface area (Å²) in [5.41, 5.74) is -0.218. The molecule has 1 saturated heterocycles. The van der Waals surface area contributed by atoms with E-state index in [1.807, 2.05) is 6.07 Å². The Hall–Kier alpha value is -2.65. The van der Waals surface area contributed by atoms with E-state index in [2.05, 4.69) is 20.6 Å². The van der Waals surface area contributed by atoms with Crippen LogP contribution in [0.25, 0.3) is 0 Å². The Balaban J connectivity index is 1.84. The lowest BCUT2D eigenvalue weighted by molar-refractivity contribution is -0.141. The van der Waals surface area contributed by atoms with E-state index in [9.17, 15) is 18.0 Å². The van der Waals surface area contributed by atoms with E-state index in [1.54, 1.807) is 29.9 Å². The largest absolute Gasteiger partial charge is 0.435 e. The van der Waals surface area contributed by atoms with Gasteiger partial charge >= 0.3 is 6.18 Å². The Labute approximate surface area is 141 Å². The summed E-state index contributed by atoms with van der Waals surface area (Å²) < 4.78 is 39.4. The van der Waals surface area contributed by atoms with Gasteiger partial charge in [0.1, 0.15) is 5.82 Å². The number of amides is 1. The van der Waals surface area contributed by atoms with Crippen LogP contribution < -0.4 is 5.32 Å². The molecule has 10 heteroatoms. The number of aromatic nitrogens is 4. The molecule has 2 aromatic heterocycles. The van der Waals surface area contributed by atoms with E-state index in [0.717, 1.165) is 11.8 Å². The Kier molecular flexibility index (Phi) is 4.36. The average Bonchev–Trinajstić information content (AvgIpc) is 2.97. The van der Waals surface area contributed by atoms with Crippen LogP contribution in [0.1, 0.15) is 30.3 Å². The number of carbonyl (C=O) groups is 1. The topological polar surface area (TPSA) is 75.9 Å². The van der Waals surface area contributed by atoms with Crippen molar-refractivity contribution in [1.82, 2.24) is 24.9 Å². The summed E-state index contributed by atoms with van der Waals surface area (Å²) in [6, 6.07) is 3.41. The number of rotatable bonds is 3.